The summed E-state index contributed by atoms with van der Waals surface area (Å²) < 4.78 is 31.7. The maximum Gasteiger partial charge on any atom is 0.337 e. The summed E-state index contributed by atoms with van der Waals surface area (Å²) in [4.78, 5) is 12.6. The van der Waals surface area contributed by atoms with Crippen molar-refractivity contribution in [3.8, 4) is 0 Å². The van der Waals surface area contributed by atoms with Gasteiger partial charge in [-0.15, -0.1) is 0 Å². The first-order chi connectivity index (χ1) is 22.5. The molecule has 6 rings (SSSR count). The number of rotatable bonds is 11. The van der Waals surface area contributed by atoms with Crippen molar-refractivity contribution >= 4 is 5.97 Å². The van der Waals surface area contributed by atoms with Crippen LogP contribution in [0.15, 0.2) is 109 Å². The van der Waals surface area contributed by atoms with E-state index >= 15 is 0 Å². The second-order valence-corrected chi connectivity index (χ2v) is 12.2. The second kappa shape index (κ2) is 14.7. The number of carbonyl (C=O) groups excluding carboxylic acids is 1. The number of esters is 1. The summed E-state index contributed by atoms with van der Waals surface area (Å²) in [6.45, 7) is 2.81. The summed E-state index contributed by atoms with van der Waals surface area (Å²) in [5, 5.41) is 12.9. The van der Waals surface area contributed by atoms with E-state index in [4.69, 9.17) is 23.7 Å². The van der Waals surface area contributed by atoms with Crippen LogP contribution in [0.2, 0.25) is 0 Å². The van der Waals surface area contributed by atoms with Crippen molar-refractivity contribution < 1.29 is 33.6 Å². The summed E-state index contributed by atoms with van der Waals surface area (Å²) in [5.41, 5.74) is 5.35. The van der Waals surface area contributed by atoms with E-state index in [0.29, 0.717) is 25.2 Å². The third-order valence-corrected chi connectivity index (χ3v) is 9.09. The van der Waals surface area contributed by atoms with Crippen molar-refractivity contribution in [2.24, 2.45) is 0 Å². The van der Waals surface area contributed by atoms with Gasteiger partial charge in [0.05, 0.1) is 38.6 Å². The van der Waals surface area contributed by atoms with Gasteiger partial charge in [-0.3, -0.25) is 0 Å². The fourth-order valence-corrected chi connectivity index (χ4v) is 6.78. The molecular weight excluding hydrogens is 580 g/mol. The van der Waals surface area contributed by atoms with Crippen LogP contribution in [0.5, 0.6) is 0 Å². The second-order valence-electron chi connectivity index (χ2n) is 12.2. The predicted molar refractivity (Wildman–Crippen MR) is 174 cm³/mol. The van der Waals surface area contributed by atoms with Crippen LogP contribution < -0.4 is 0 Å². The fourth-order valence-electron chi connectivity index (χ4n) is 6.78. The Morgan fingerprint density at radius 3 is 1.89 bits per heavy atom. The average Bonchev–Trinajstić information content (AvgIpc) is 3.10. The van der Waals surface area contributed by atoms with Crippen LogP contribution in [-0.2, 0) is 49.9 Å². The first kappa shape index (κ1) is 32.1. The summed E-state index contributed by atoms with van der Waals surface area (Å²) in [6, 6.07) is 35.4. The van der Waals surface area contributed by atoms with Crippen molar-refractivity contribution in [1.82, 2.24) is 0 Å². The SMILES string of the molecule is COC(=O)c1ccc2c(c1)C([C@@]1(O)O[C@@H](C)[C@@H](OCc3ccccc3)[C@@H](OCc3ccccc3)[C@@H]1OCc1ccccc1)CCC2. The molecule has 1 unspecified atom stereocenters. The molecule has 1 saturated heterocycles. The monoisotopic (exact) mass is 622 g/mol. The predicted octanol–water partition coefficient (Wildman–Crippen LogP) is 6.76. The van der Waals surface area contributed by atoms with Crippen molar-refractivity contribution in [2.75, 3.05) is 7.11 Å². The first-order valence-electron chi connectivity index (χ1n) is 16.0. The zero-order valence-electron chi connectivity index (χ0n) is 26.4. The van der Waals surface area contributed by atoms with E-state index in [9.17, 15) is 9.90 Å². The lowest BCUT2D eigenvalue weighted by molar-refractivity contribution is -0.372. The molecule has 46 heavy (non-hydrogen) atoms. The zero-order chi connectivity index (χ0) is 31.9. The number of methoxy groups -OCH3 is 1. The molecule has 2 aliphatic rings. The van der Waals surface area contributed by atoms with Crippen LogP contribution in [0.4, 0.5) is 0 Å². The molecule has 1 N–H and O–H groups in total. The molecule has 0 bridgehead atoms. The van der Waals surface area contributed by atoms with Crippen LogP contribution >= 0.6 is 0 Å². The molecule has 240 valence electrons. The van der Waals surface area contributed by atoms with Crippen LogP contribution in [-0.4, -0.2) is 48.4 Å². The Hall–Kier alpha value is -3.85. The van der Waals surface area contributed by atoms with E-state index in [1.807, 2.05) is 110 Å². The Morgan fingerprint density at radius 1 is 0.783 bits per heavy atom. The maximum absolute atomic E-state index is 12.9. The topological polar surface area (TPSA) is 83.5 Å². The fraction of sp³-hybridized carbons (Fsp3) is 0.359. The molecule has 0 spiro atoms. The van der Waals surface area contributed by atoms with Crippen LogP contribution in [0.1, 0.15) is 63.9 Å². The van der Waals surface area contributed by atoms with Gasteiger partial charge >= 0.3 is 5.97 Å². The van der Waals surface area contributed by atoms with Gasteiger partial charge in [0, 0.05) is 5.92 Å². The molecule has 0 saturated carbocycles. The van der Waals surface area contributed by atoms with Crippen molar-refractivity contribution in [2.45, 2.75) is 82.1 Å². The molecule has 1 aliphatic heterocycles. The Balaban J connectivity index is 1.40. The molecular formula is C39H42O7. The molecule has 4 aromatic rings. The lowest BCUT2D eigenvalue weighted by Crippen LogP contribution is -2.68. The molecule has 0 radical (unpaired) electrons. The molecule has 0 amide bonds. The Bertz CT molecular complexity index is 1560. The Kier molecular flexibility index (Phi) is 10.3. The minimum atomic E-state index is -1.79. The van der Waals surface area contributed by atoms with E-state index < -0.39 is 42.1 Å². The van der Waals surface area contributed by atoms with Gasteiger partial charge in [0.25, 0.3) is 0 Å². The highest BCUT2D eigenvalue weighted by Gasteiger charge is 2.59. The lowest BCUT2D eigenvalue weighted by Gasteiger charge is -2.53. The number of fused-ring (bicyclic) bond motifs is 1. The smallest absolute Gasteiger partial charge is 0.337 e. The highest BCUT2D eigenvalue weighted by molar-refractivity contribution is 5.89. The number of aliphatic hydroxyl groups is 1. The van der Waals surface area contributed by atoms with Gasteiger partial charge in [-0.25, -0.2) is 4.79 Å². The highest BCUT2D eigenvalue weighted by Crippen LogP contribution is 2.48. The number of carbonyl (C=O) groups is 1. The summed E-state index contributed by atoms with van der Waals surface area (Å²) in [7, 11) is 1.37. The molecule has 1 aliphatic carbocycles. The van der Waals surface area contributed by atoms with Crippen LogP contribution in [0.3, 0.4) is 0 Å². The van der Waals surface area contributed by atoms with Crippen molar-refractivity contribution in [1.29, 1.82) is 0 Å². The quantitative estimate of drug-likeness (QED) is 0.185. The first-order valence-corrected chi connectivity index (χ1v) is 16.0. The Labute approximate surface area is 271 Å². The van der Waals surface area contributed by atoms with Crippen molar-refractivity contribution in [3.05, 3.63) is 143 Å². The molecule has 4 aromatic carbocycles. The van der Waals surface area contributed by atoms with Crippen LogP contribution in [0.25, 0.3) is 0 Å². The van der Waals surface area contributed by atoms with Gasteiger partial charge in [0.15, 0.2) is 0 Å². The average molecular weight is 623 g/mol. The summed E-state index contributed by atoms with van der Waals surface area (Å²) in [6.07, 6.45) is -0.362. The molecule has 6 atom stereocenters. The third kappa shape index (κ3) is 7.09. The highest BCUT2D eigenvalue weighted by atomic mass is 16.7. The number of ether oxygens (including phenoxy) is 5. The molecule has 1 fully saturated rings. The molecule has 7 nitrogen and oxygen atoms in total. The number of hydrogen-bond donors (Lipinski definition) is 1. The molecule has 7 heteroatoms. The summed E-state index contributed by atoms with van der Waals surface area (Å²) in [5.74, 6) is -2.69. The van der Waals surface area contributed by atoms with E-state index in [0.717, 1.165) is 40.7 Å². The third-order valence-electron chi connectivity index (χ3n) is 9.09. The lowest BCUT2D eigenvalue weighted by atomic mass is 9.73. The van der Waals surface area contributed by atoms with Gasteiger partial charge in [0.2, 0.25) is 5.79 Å². The van der Waals surface area contributed by atoms with E-state index in [2.05, 4.69) is 0 Å². The van der Waals surface area contributed by atoms with Gasteiger partial charge in [-0.05, 0) is 66.1 Å². The van der Waals surface area contributed by atoms with Gasteiger partial charge in [-0.2, -0.15) is 0 Å². The van der Waals surface area contributed by atoms with Gasteiger partial charge in [0.1, 0.15) is 18.3 Å². The Morgan fingerprint density at radius 2 is 1.33 bits per heavy atom. The normalized spacial score (nSPS) is 25.8. The van der Waals surface area contributed by atoms with E-state index in [-0.39, 0.29) is 6.61 Å². The zero-order valence-corrected chi connectivity index (χ0v) is 26.4. The van der Waals surface area contributed by atoms with Gasteiger partial charge in [-0.1, -0.05) is 97.1 Å². The van der Waals surface area contributed by atoms with Crippen molar-refractivity contribution in [3.63, 3.8) is 0 Å². The standard InChI is InChI=1S/C39H42O7/c1-27-35(43-24-28-13-6-3-7-14-28)36(44-25-29-15-8-4-9-16-29)37(45-26-30-17-10-5-11-18-30)39(41,46-27)34-20-12-19-31-21-22-32(23-33(31)34)38(40)42-2/h3-11,13-18,21-23,27,34-37,41H,12,19-20,24-26H2,1-2H3/t27-,34?,35+,36+,37-,39+/m0/s1. The van der Waals surface area contributed by atoms with Crippen LogP contribution in [0, 0.1) is 0 Å². The largest absolute Gasteiger partial charge is 0.465 e. The number of hydrogen-bond acceptors (Lipinski definition) is 7. The molecule has 1 heterocycles. The minimum Gasteiger partial charge on any atom is -0.465 e. The van der Waals surface area contributed by atoms with E-state index in [1.165, 1.54) is 7.11 Å². The molecule has 0 aromatic heterocycles. The number of benzene rings is 4. The van der Waals surface area contributed by atoms with E-state index in [1.54, 1.807) is 6.07 Å². The summed E-state index contributed by atoms with van der Waals surface area (Å²) >= 11 is 0. The maximum atomic E-state index is 12.9. The number of aryl methyl sites for hydroxylation is 1. The minimum absolute atomic E-state index is 0.240. The van der Waals surface area contributed by atoms with Gasteiger partial charge < -0.3 is 28.8 Å².